The Morgan fingerprint density at radius 2 is 2.24 bits per heavy atom. The number of nitrogens with zero attached hydrogens (tertiary/aromatic N) is 1. The number of fused-ring (bicyclic) bond motifs is 1. The number of hydrogen-bond acceptors (Lipinski definition) is 4. The fourth-order valence-electron chi connectivity index (χ4n) is 2.24. The average molecular weight is 287 g/mol. The van der Waals surface area contributed by atoms with Crippen molar-refractivity contribution in [3.05, 3.63) is 42.0 Å². The summed E-state index contributed by atoms with van der Waals surface area (Å²) in [6, 6.07) is 5.35. The normalized spacial score (nSPS) is 13.0. The summed E-state index contributed by atoms with van der Waals surface area (Å²) in [5.41, 5.74) is 0.519. The summed E-state index contributed by atoms with van der Waals surface area (Å²) >= 11 is 0. The van der Waals surface area contributed by atoms with Gasteiger partial charge in [0.15, 0.2) is 11.5 Å². The van der Waals surface area contributed by atoms with Crippen LogP contribution in [0.1, 0.15) is 22.6 Å². The maximum Gasteiger partial charge on any atom is 0.255 e. The molecule has 0 bridgehead atoms. The second kappa shape index (κ2) is 6.30. The van der Waals surface area contributed by atoms with Crippen molar-refractivity contribution in [2.45, 2.75) is 12.8 Å². The first-order valence-electron chi connectivity index (χ1n) is 6.99. The minimum absolute atomic E-state index is 0.142. The third-order valence-corrected chi connectivity index (χ3v) is 3.24. The molecule has 1 aliphatic heterocycles. The molecule has 0 unspecified atom stereocenters. The lowest BCUT2D eigenvalue weighted by molar-refractivity contribution is 0.0942. The summed E-state index contributed by atoms with van der Waals surface area (Å²) < 4.78 is 11.0. The van der Waals surface area contributed by atoms with Crippen LogP contribution in [0, 0.1) is 0 Å². The number of aryl methyl sites for hydroxylation is 1. The van der Waals surface area contributed by atoms with Gasteiger partial charge in [-0.2, -0.15) is 0 Å². The van der Waals surface area contributed by atoms with Crippen molar-refractivity contribution in [2.24, 2.45) is 0 Å². The lowest BCUT2D eigenvalue weighted by Crippen LogP contribution is -2.27. The van der Waals surface area contributed by atoms with Crippen LogP contribution < -0.4 is 14.8 Å². The number of ether oxygens (including phenoxy) is 2. The number of H-pyrrole nitrogens is 1. The molecule has 2 heterocycles. The van der Waals surface area contributed by atoms with Crippen LogP contribution in [-0.2, 0) is 6.42 Å². The molecule has 21 heavy (non-hydrogen) atoms. The molecule has 1 aromatic carbocycles. The van der Waals surface area contributed by atoms with Gasteiger partial charge in [0.1, 0.15) is 19.0 Å². The smallest absolute Gasteiger partial charge is 0.255 e. The number of amides is 1. The first-order valence-corrected chi connectivity index (χ1v) is 6.99. The Kier molecular flexibility index (Phi) is 4.04. The predicted octanol–water partition coefficient (Wildman–Crippen LogP) is 1.54. The van der Waals surface area contributed by atoms with Crippen LogP contribution in [0.15, 0.2) is 30.6 Å². The molecule has 0 spiro atoms. The van der Waals surface area contributed by atoms with E-state index in [-0.39, 0.29) is 5.91 Å². The van der Waals surface area contributed by atoms with Crippen LogP contribution in [0.2, 0.25) is 0 Å². The Hall–Kier alpha value is -2.50. The van der Waals surface area contributed by atoms with Gasteiger partial charge in [0, 0.05) is 25.4 Å². The molecule has 0 fully saturated rings. The van der Waals surface area contributed by atoms with Crippen molar-refractivity contribution in [3.8, 4) is 11.5 Å². The number of benzene rings is 1. The Morgan fingerprint density at radius 1 is 1.33 bits per heavy atom. The molecule has 0 radical (unpaired) electrons. The number of aromatic nitrogens is 2. The Bertz CT molecular complexity index is 611. The first kappa shape index (κ1) is 13.5. The minimum Gasteiger partial charge on any atom is -0.486 e. The van der Waals surface area contributed by atoms with Crippen LogP contribution in [0.3, 0.4) is 0 Å². The zero-order chi connectivity index (χ0) is 14.5. The van der Waals surface area contributed by atoms with Gasteiger partial charge in [0.25, 0.3) is 5.91 Å². The van der Waals surface area contributed by atoms with Crippen molar-refractivity contribution in [1.29, 1.82) is 0 Å². The highest BCUT2D eigenvalue weighted by Gasteiger charge is 2.19. The highest BCUT2D eigenvalue weighted by molar-refractivity contribution is 5.97. The highest BCUT2D eigenvalue weighted by atomic mass is 16.6. The second-order valence-corrected chi connectivity index (χ2v) is 4.73. The fraction of sp³-hybridized carbons (Fsp3) is 0.333. The summed E-state index contributed by atoms with van der Waals surface area (Å²) in [5, 5.41) is 2.90. The molecule has 2 aromatic rings. The topological polar surface area (TPSA) is 76.2 Å². The van der Waals surface area contributed by atoms with E-state index >= 15 is 0 Å². The monoisotopic (exact) mass is 287 g/mol. The molecule has 0 saturated carbocycles. The van der Waals surface area contributed by atoms with Gasteiger partial charge in [0.05, 0.1) is 5.56 Å². The van der Waals surface area contributed by atoms with Gasteiger partial charge in [-0.3, -0.25) is 4.79 Å². The van der Waals surface area contributed by atoms with E-state index in [0.29, 0.717) is 36.8 Å². The lowest BCUT2D eigenvalue weighted by atomic mass is 10.1. The SMILES string of the molecule is O=C(NCCCc1ncc[nH]1)c1cccc2c1OCCO2. The van der Waals surface area contributed by atoms with Crippen LogP contribution in [0.25, 0.3) is 0 Å². The molecule has 6 nitrogen and oxygen atoms in total. The maximum absolute atomic E-state index is 12.2. The molecule has 2 N–H and O–H groups in total. The Morgan fingerprint density at radius 3 is 3.10 bits per heavy atom. The molecule has 1 amide bonds. The quantitative estimate of drug-likeness (QED) is 0.818. The number of imidazole rings is 1. The van der Waals surface area contributed by atoms with Gasteiger partial charge in [-0.25, -0.2) is 4.98 Å². The molecule has 0 aliphatic carbocycles. The Balaban J connectivity index is 1.56. The van der Waals surface area contributed by atoms with E-state index in [9.17, 15) is 4.79 Å². The maximum atomic E-state index is 12.2. The summed E-state index contributed by atoms with van der Waals surface area (Å²) in [4.78, 5) is 19.4. The summed E-state index contributed by atoms with van der Waals surface area (Å²) in [6.07, 6.45) is 5.15. The van der Waals surface area contributed by atoms with Gasteiger partial charge in [-0.15, -0.1) is 0 Å². The molecule has 110 valence electrons. The summed E-state index contributed by atoms with van der Waals surface area (Å²) in [5.74, 6) is 1.95. The molecule has 3 rings (SSSR count). The zero-order valence-electron chi connectivity index (χ0n) is 11.6. The van der Waals surface area contributed by atoms with Crippen molar-refractivity contribution < 1.29 is 14.3 Å². The molecular formula is C15H17N3O3. The lowest BCUT2D eigenvalue weighted by Gasteiger charge is -2.20. The van der Waals surface area contributed by atoms with E-state index in [4.69, 9.17) is 9.47 Å². The van der Waals surface area contributed by atoms with E-state index in [1.54, 1.807) is 24.5 Å². The number of aromatic amines is 1. The zero-order valence-corrected chi connectivity index (χ0v) is 11.6. The van der Waals surface area contributed by atoms with Gasteiger partial charge in [-0.05, 0) is 18.6 Å². The number of carbonyl (C=O) groups excluding carboxylic acids is 1. The predicted molar refractivity (Wildman–Crippen MR) is 76.7 cm³/mol. The van der Waals surface area contributed by atoms with E-state index in [2.05, 4.69) is 15.3 Å². The van der Waals surface area contributed by atoms with Crippen molar-refractivity contribution in [1.82, 2.24) is 15.3 Å². The first-order chi connectivity index (χ1) is 10.3. The third-order valence-electron chi connectivity index (χ3n) is 3.24. The molecule has 1 aliphatic rings. The van der Waals surface area contributed by atoms with Crippen LogP contribution in [-0.4, -0.2) is 35.6 Å². The average Bonchev–Trinajstić information content (AvgIpc) is 3.04. The van der Waals surface area contributed by atoms with Crippen molar-refractivity contribution in [2.75, 3.05) is 19.8 Å². The van der Waals surface area contributed by atoms with Crippen molar-refractivity contribution >= 4 is 5.91 Å². The van der Waals surface area contributed by atoms with Gasteiger partial charge >= 0.3 is 0 Å². The molecule has 0 atom stereocenters. The van der Waals surface area contributed by atoms with E-state index in [1.807, 2.05) is 6.07 Å². The largest absolute Gasteiger partial charge is 0.486 e. The Labute approximate surface area is 122 Å². The standard InChI is InChI=1S/C15H17N3O3/c19-15(18-6-2-5-13-16-7-8-17-13)11-3-1-4-12-14(11)21-10-9-20-12/h1,3-4,7-8H,2,5-6,9-10H2,(H,16,17)(H,18,19). The fourth-order valence-corrected chi connectivity index (χ4v) is 2.24. The third kappa shape index (κ3) is 3.16. The molecular weight excluding hydrogens is 270 g/mol. The number of hydrogen-bond donors (Lipinski definition) is 2. The number of nitrogens with one attached hydrogen (secondary N) is 2. The summed E-state index contributed by atoms with van der Waals surface area (Å²) in [7, 11) is 0. The second-order valence-electron chi connectivity index (χ2n) is 4.73. The van der Waals surface area contributed by atoms with Crippen LogP contribution in [0.5, 0.6) is 11.5 Å². The molecule has 6 heteroatoms. The van der Waals surface area contributed by atoms with Crippen molar-refractivity contribution in [3.63, 3.8) is 0 Å². The van der Waals surface area contributed by atoms with Crippen LogP contribution >= 0.6 is 0 Å². The minimum atomic E-state index is -0.142. The highest BCUT2D eigenvalue weighted by Crippen LogP contribution is 2.33. The van der Waals surface area contributed by atoms with E-state index in [0.717, 1.165) is 18.7 Å². The van der Waals surface area contributed by atoms with Gasteiger partial charge in [0.2, 0.25) is 0 Å². The molecule has 0 saturated heterocycles. The van der Waals surface area contributed by atoms with Gasteiger partial charge in [-0.1, -0.05) is 6.07 Å². The van der Waals surface area contributed by atoms with Crippen LogP contribution in [0.4, 0.5) is 0 Å². The number of rotatable bonds is 5. The number of para-hydroxylation sites is 1. The number of carbonyl (C=O) groups is 1. The van der Waals surface area contributed by atoms with E-state index < -0.39 is 0 Å². The summed E-state index contributed by atoms with van der Waals surface area (Å²) in [6.45, 7) is 1.57. The van der Waals surface area contributed by atoms with E-state index in [1.165, 1.54) is 0 Å². The molecule has 1 aromatic heterocycles. The van der Waals surface area contributed by atoms with Gasteiger partial charge < -0.3 is 19.8 Å².